The number of nitrogens with zero attached hydrogens (tertiary/aromatic N) is 1. The Balaban J connectivity index is 0.000000606. The van der Waals surface area contributed by atoms with E-state index in [1.54, 1.807) is 12.1 Å². The lowest BCUT2D eigenvalue weighted by atomic mass is 10.1. The zero-order valence-electron chi connectivity index (χ0n) is 9.07. The molecule has 1 heterocycles. The summed E-state index contributed by atoms with van der Waals surface area (Å²) in [5.74, 6) is -0.935. The summed E-state index contributed by atoms with van der Waals surface area (Å²) in [4.78, 5) is 15.0. The van der Waals surface area contributed by atoms with E-state index in [1.807, 2.05) is 19.9 Å². The van der Waals surface area contributed by atoms with Crippen LogP contribution in [0, 0.1) is 0 Å². The molecule has 1 N–H and O–H groups in total. The van der Waals surface area contributed by atoms with Gasteiger partial charge in [-0.05, 0) is 24.3 Å². The van der Waals surface area contributed by atoms with E-state index in [4.69, 9.17) is 5.11 Å². The number of carbonyl (C=O) groups is 1. The summed E-state index contributed by atoms with van der Waals surface area (Å²) >= 11 is 3.29. The Morgan fingerprint density at radius 1 is 1.31 bits per heavy atom. The highest BCUT2D eigenvalue weighted by Crippen LogP contribution is 2.21. The third kappa shape index (κ3) is 2.58. The van der Waals surface area contributed by atoms with Crippen LogP contribution in [0.2, 0.25) is 0 Å². The van der Waals surface area contributed by atoms with Gasteiger partial charge in [-0.2, -0.15) is 0 Å². The second kappa shape index (κ2) is 5.61. The fourth-order valence-corrected chi connectivity index (χ4v) is 1.67. The molecule has 0 aliphatic heterocycles. The Hall–Kier alpha value is -1.42. The van der Waals surface area contributed by atoms with Gasteiger partial charge in [0, 0.05) is 16.1 Å². The van der Waals surface area contributed by atoms with Crippen LogP contribution in [0.3, 0.4) is 0 Å². The first-order valence-corrected chi connectivity index (χ1v) is 5.75. The van der Waals surface area contributed by atoms with Crippen molar-refractivity contribution in [2.45, 2.75) is 13.8 Å². The van der Waals surface area contributed by atoms with Crippen molar-refractivity contribution in [3.05, 3.63) is 40.5 Å². The van der Waals surface area contributed by atoms with Gasteiger partial charge in [-0.25, -0.2) is 4.79 Å². The molecule has 2 aromatic rings. The summed E-state index contributed by atoms with van der Waals surface area (Å²) in [5.41, 5.74) is 0.962. The van der Waals surface area contributed by atoms with Gasteiger partial charge in [0.2, 0.25) is 0 Å². The van der Waals surface area contributed by atoms with Crippen molar-refractivity contribution < 1.29 is 9.90 Å². The van der Waals surface area contributed by atoms with Crippen molar-refractivity contribution in [1.82, 2.24) is 4.98 Å². The number of carboxylic acids is 1. The highest BCUT2D eigenvalue weighted by atomic mass is 79.9. The number of fused-ring (bicyclic) bond motifs is 1. The van der Waals surface area contributed by atoms with Crippen molar-refractivity contribution in [3.63, 3.8) is 0 Å². The number of pyridine rings is 1. The molecular weight excluding hydrogens is 270 g/mol. The molecule has 0 bridgehead atoms. The Morgan fingerprint density at radius 3 is 2.62 bits per heavy atom. The molecule has 0 saturated carbocycles. The molecule has 16 heavy (non-hydrogen) atoms. The lowest BCUT2D eigenvalue weighted by molar-refractivity contribution is 0.0699. The van der Waals surface area contributed by atoms with E-state index >= 15 is 0 Å². The molecule has 0 atom stereocenters. The molecule has 0 amide bonds. The number of aromatic nitrogens is 1. The van der Waals surface area contributed by atoms with Crippen LogP contribution in [0.15, 0.2) is 34.9 Å². The third-order valence-corrected chi connectivity index (χ3v) is 2.43. The minimum absolute atomic E-state index is 0.274. The molecule has 0 fully saturated rings. The highest BCUT2D eigenvalue weighted by Gasteiger charge is 2.08. The van der Waals surface area contributed by atoms with Gasteiger partial charge >= 0.3 is 5.97 Å². The van der Waals surface area contributed by atoms with Crippen LogP contribution in [0.1, 0.15) is 24.2 Å². The number of halogens is 1. The van der Waals surface area contributed by atoms with Gasteiger partial charge in [0.25, 0.3) is 0 Å². The number of carboxylic acid groups (broad SMARTS) is 1. The quantitative estimate of drug-likeness (QED) is 0.867. The minimum Gasteiger partial charge on any atom is -0.478 e. The summed E-state index contributed by atoms with van der Waals surface area (Å²) in [6.07, 6.45) is 1.50. The molecule has 0 saturated heterocycles. The van der Waals surface area contributed by atoms with E-state index in [-0.39, 0.29) is 5.56 Å². The van der Waals surface area contributed by atoms with Crippen LogP contribution in [0.25, 0.3) is 10.9 Å². The van der Waals surface area contributed by atoms with Crippen molar-refractivity contribution >= 4 is 32.8 Å². The zero-order valence-corrected chi connectivity index (χ0v) is 10.7. The average molecular weight is 282 g/mol. The molecule has 0 aliphatic rings. The first-order valence-electron chi connectivity index (χ1n) is 4.96. The fraction of sp³-hybridized carbons (Fsp3) is 0.167. The van der Waals surface area contributed by atoms with Crippen LogP contribution >= 0.6 is 15.9 Å². The van der Waals surface area contributed by atoms with Gasteiger partial charge in [-0.3, -0.25) is 4.98 Å². The molecule has 0 radical (unpaired) electrons. The molecule has 4 heteroatoms. The van der Waals surface area contributed by atoms with E-state index in [9.17, 15) is 4.79 Å². The predicted molar refractivity (Wildman–Crippen MR) is 67.8 cm³/mol. The van der Waals surface area contributed by atoms with E-state index in [2.05, 4.69) is 20.9 Å². The summed E-state index contributed by atoms with van der Waals surface area (Å²) in [7, 11) is 0. The molecule has 3 nitrogen and oxygen atoms in total. The molecule has 84 valence electrons. The Labute approximate surface area is 102 Å². The second-order valence-electron chi connectivity index (χ2n) is 2.83. The van der Waals surface area contributed by atoms with Gasteiger partial charge in [0.1, 0.15) is 0 Å². The van der Waals surface area contributed by atoms with Gasteiger partial charge in [0.15, 0.2) is 0 Å². The van der Waals surface area contributed by atoms with E-state index in [0.717, 1.165) is 4.47 Å². The molecule has 1 aromatic carbocycles. The first-order chi connectivity index (χ1) is 7.68. The molecule has 0 unspecified atom stereocenters. The van der Waals surface area contributed by atoms with Gasteiger partial charge in [-0.1, -0.05) is 29.8 Å². The summed E-state index contributed by atoms with van der Waals surface area (Å²) in [5, 5.41) is 9.58. The lowest BCUT2D eigenvalue weighted by Crippen LogP contribution is -1.97. The molecule has 2 rings (SSSR count). The van der Waals surface area contributed by atoms with Crippen molar-refractivity contribution in [2.24, 2.45) is 0 Å². The number of aromatic carboxylic acids is 1. The number of rotatable bonds is 1. The first kappa shape index (κ1) is 12.6. The average Bonchev–Trinajstić information content (AvgIpc) is 2.30. The maximum absolute atomic E-state index is 10.9. The normalized spacial score (nSPS) is 9.44. The van der Waals surface area contributed by atoms with Crippen LogP contribution in [-0.4, -0.2) is 16.1 Å². The Kier molecular flexibility index (Phi) is 4.43. The van der Waals surface area contributed by atoms with Crippen molar-refractivity contribution in [1.29, 1.82) is 0 Å². The SMILES string of the molecule is CC.O=C(O)c1ccnc2ccc(Br)cc12. The molecule has 1 aromatic heterocycles. The third-order valence-electron chi connectivity index (χ3n) is 1.93. The summed E-state index contributed by atoms with van der Waals surface area (Å²) in [6.45, 7) is 4.00. The van der Waals surface area contributed by atoms with Crippen molar-refractivity contribution in [2.75, 3.05) is 0 Å². The van der Waals surface area contributed by atoms with E-state index in [1.165, 1.54) is 12.3 Å². The van der Waals surface area contributed by atoms with Crippen LogP contribution in [0.4, 0.5) is 0 Å². The zero-order chi connectivity index (χ0) is 12.1. The van der Waals surface area contributed by atoms with Crippen LogP contribution in [0.5, 0.6) is 0 Å². The van der Waals surface area contributed by atoms with Crippen LogP contribution in [-0.2, 0) is 0 Å². The predicted octanol–water partition coefficient (Wildman–Crippen LogP) is 3.72. The topological polar surface area (TPSA) is 50.2 Å². The van der Waals surface area contributed by atoms with Crippen LogP contribution < -0.4 is 0 Å². The van der Waals surface area contributed by atoms with E-state index < -0.39 is 5.97 Å². The molecular formula is C12H12BrNO2. The maximum atomic E-state index is 10.9. The number of hydrogen-bond donors (Lipinski definition) is 1. The Morgan fingerprint density at radius 2 is 2.00 bits per heavy atom. The summed E-state index contributed by atoms with van der Waals surface area (Å²) < 4.78 is 0.848. The number of hydrogen-bond acceptors (Lipinski definition) is 2. The van der Waals surface area contributed by atoms with E-state index in [0.29, 0.717) is 10.9 Å². The van der Waals surface area contributed by atoms with Crippen molar-refractivity contribution in [3.8, 4) is 0 Å². The highest BCUT2D eigenvalue weighted by molar-refractivity contribution is 9.10. The standard InChI is InChI=1S/C10H6BrNO2.C2H6/c11-6-1-2-9-8(5-6)7(10(13)14)3-4-12-9;1-2/h1-5H,(H,13,14);1-2H3. The molecule has 0 spiro atoms. The fourth-order valence-electron chi connectivity index (χ4n) is 1.30. The monoisotopic (exact) mass is 281 g/mol. The largest absolute Gasteiger partial charge is 0.478 e. The number of benzene rings is 1. The summed E-state index contributed by atoms with van der Waals surface area (Å²) in [6, 6.07) is 6.87. The van der Waals surface area contributed by atoms with Gasteiger partial charge in [-0.15, -0.1) is 0 Å². The van der Waals surface area contributed by atoms with Gasteiger partial charge < -0.3 is 5.11 Å². The maximum Gasteiger partial charge on any atom is 0.336 e. The minimum atomic E-state index is -0.935. The Bertz CT molecular complexity index is 511. The second-order valence-corrected chi connectivity index (χ2v) is 3.74. The smallest absolute Gasteiger partial charge is 0.336 e. The van der Waals surface area contributed by atoms with Gasteiger partial charge in [0.05, 0.1) is 11.1 Å². The lowest BCUT2D eigenvalue weighted by Gasteiger charge is -2.01. The molecule has 0 aliphatic carbocycles.